The highest BCUT2D eigenvalue weighted by atomic mass is 32.1. The van der Waals surface area contributed by atoms with Crippen LogP contribution in [-0.2, 0) is 42.9 Å². The summed E-state index contributed by atoms with van der Waals surface area (Å²) in [6.07, 6.45) is -2.72. The summed E-state index contributed by atoms with van der Waals surface area (Å²) in [5, 5.41) is 4.45. The van der Waals surface area contributed by atoms with Gasteiger partial charge in [0.15, 0.2) is 24.5 Å². The number of ether oxygens (including phenoxy) is 5. The van der Waals surface area contributed by atoms with Crippen LogP contribution in [0.5, 0.6) is 0 Å². The molecule has 4 rings (SSSR count). The Labute approximate surface area is 255 Å². The van der Waals surface area contributed by atoms with Crippen LogP contribution < -0.4 is 5.56 Å². The largest absolute Gasteiger partial charge is 0.465 e. The Morgan fingerprint density at radius 3 is 2.09 bits per heavy atom. The van der Waals surface area contributed by atoms with E-state index in [9.17, 15) is 24.0 Å². The molecular weight excluding hydrogens is 598 g/mol. The molecule has 2 aromatic heterocycles. The number of rotatable bonds is 9. The summed E-state index contributed by atoms with van der Waals surface area (Å²) in [5.74, 6) is -2.62. The summed E-state index contributed by atoms with van der Waals surface area (Å²) in [4.78, 5) is 62.1. The van der Waals surface area contributed by atoms with Gasteiger partial charge in [0.05, 0.1) is 12.0 Å². The number of carbonyl (C=O) groups excluding carboxylic acids is 4. The molecule has 0 saturated carbocycles. The van der Waals surface area contributed by atoms with Crippen LogP contribution in [0.3, 0.4) is 0 Å². The first kappa shape index (κ1) is 32.0. The molecule has 0 aliphatic carbocycles. The van der Waals surface area contributed by atoms with Gasteiger partial charge < -0.3 is 28.1 Å². The van der Waals surface area contributed by atoms with E-state index in [0.29, 0.717) is 11.4 Å². The van der Waals surface area contributed by atoms with Gasteiger partial charge in [0, 0.05) is 27.7 Å². The second-order valence-electron chi connectivity index (χ2n) is 9.53. The van der Waals surface area contributed by atoms with E-state index in [-0.39, 0.29) is 10.5 Å². The van der Waals surface area contributed by atoms with E-state index in [4.69, 9.17) is 40.3 Å². The predicted octanol–water partition coefficient (Wildman–Crippen LogP) is 2.78. The zero-order valence-electron chi connectivity index (χ0n) is 24.1. The molecule has 14 nitrogen and oxygen atoms in total. The maximum absolute atomic E-state index is 13.7. The fourth-order valence-electron chi connectivity index (χ4n) is 4.53. The van der Waals surface area contributed by atoms with E-state index in [1.165, 1.54) is 23.0 Å². The molecule has 3 aromatic rings. The van der Waals surface area contributed by atoms with Crippen LogP contribution in [0.2, 0.25) is 0 Å². The minimum atomic E-state index is -1.50. The monoisotopic (exact) mass is 627 g/mol. The zero-order valence-corrected chi connectivity index (χ0v) is 24.9. The van der Waals surface area contributed by atoms with Crippen molar-refractivity contribution >= 4 is 48.2 Å². The van der Waals surface area contributed by atoms with Gasteiger partial charge in [-0.15, -0.1) is 0 Å². The van der Waals surface area contributed by atoms with E-state index >= 15 is 0 Å². The highest BCUT2D eigenvalue weighted by Gasteiger charge is 2.53. The maximum Gasteiger partial charge on any atom is 0.303 e. The number of hydrogen-bond donors (Lipinski definition) is 0. The summed E-state index contributed by atoms with van der Waals surface area (Å²) in [6, 6.07) is 11.8. The van der Waals surface area contributed by atoms with Gasteiger partial charge >= 0.3 is 23.9 Å². The molecule has 1 aliphatic heterocycles. The molecule has 0 unspecified atom stereocenters. The molecule has 44 heavy (non-hydrogen) atoms. The van der Waals surface area contributed by atoms with E-state index in [2.05, 4.69) is 5.10 Å². The lowest BCUT2D eigenvalue weighted by atomic mass is 9.97. The lowest BCUT2D eigenvalue weighted by molar-refractivity contribution is -0.271. The van der Waals surface area contributed by atoms with Crippen molar-refractivity contribution in [3.63, 3.8) is 0 Å². The Morgan fingerprint density at radius 1 is 0.864 bits per heavy atom. The molecule has 1 saturated heterocycles. The first-order valence-corrected chi connectivity index (χ1v) is 13.7. The molecule has 15 heteroatoms. The number of hydrogen-bond acceptors (Lipinski definition) is 13. The van der Waals surface area contributed by atoms with Gasteiger partial charge in [-0.1, -0.05) is 18.2 Å². The second kappa shape index (κ2) is 14.1. The maximum atomic E-state index is 13.7. The molecule has 3 heterocycles. The second-order valence-corrected chi connectivity index (χ2v) is 9.89. The number of esters is 4. The van der Waals surface area contributed by atoms with E-state index in [1.54, 1.807) is 42.5 Å². The lowest BCUT2D eigenvalue weighted by Crippen LogP contribution is -2.61. The van der Waals surface area contributed by atoms with E-state index in [0.717, 1.165) is 32.4 Å². The Kier molecular flexibility index (Phi) is 10.2. The Bertz CT molecular complexity index is 1660. The third-order valence-electron chi connectivity index (χ3n) is 6.20. The van der Waals surface area contributed by atoms with E-state index < -0.39 is 66.7 Å². The standard InChI is InChI=1S/C29H29N3O11S/c1-16(33)39-15-23-24(40-17(2)34)25(41-18(3)35)26(42-19(4)36)28(43-23)32-29(44)31(20-9-6-5-7-10-20)27(37)22(30-32)13-12-21-11-8-14-38-21/h5-14,23-26,28H,15H2,1-4H3/t23-,24-,25+,26-,28-/m1/s1. The molecule has 1 fully saturated rings. The fraction of sp³-hybridized carbons (Fsp3) is 0.345. The fourth-order valence-corrected chi connectivity index (χ4v) is 4.86. The molecule has 1 aromatic carbocycles. The van der Waals surface area contributed by atoms with Crippen LogP contribution in [0.1, 0.15) is 45.4 Å². The zero-order chi connectivity index (χ0) is 32.0. The number of aromatic nitrogens is 3. The van der Waals surface area contributed by atoms with Gasteiger partial charge in [0.1, 0.15) is 24.2 Å². The van der Waals surface area contributed by atoms with Crippen molar-refractivity contribution < 1.29 is 47.3 Å². The average molecular weight is 628 g/mol. The number of carbonyl (C=O) groups is 4. The highest BCUT2D eigenvalue weighted by molar-refractivity contribution is 7.71. The van der Waals surface area contributed by atoms with Crippen LogP contribution >= 0.6 is 12.2 Å². The molecule has 0 bridgehead atoms. The number of nitrogens with zero attached hydrogens (tertiary/aromatic N) is 3. The van der Waals surface area contributed by atoms with Crippen molar-refractivity contribution in [2.75, 3.05) is 6.61 Å². The Hall–Kier alpha value is -4.89. The van der Waals surface area contributed by atoms with Crippen molar-refractivity contribution in [1.82, 2.24) is 14.3 Å². The van der Waals surface area contributed by atoms with Crippen molar-refractivity contribution in [3.05, 3.63) is 75.3 Å². The van der Waals surface area contributed by atoms with Crippen LogP contribution in [0.4, 0.5) is 0 Å². The van der Waals surface area contributed by atoms with Crippen molar-refractivity contribution in [2.24, 2.45) is 0 Å². The molecule has 0 amide bonds. The topological polar surface area (TPSA) is 167 Å². The first-order chi connectivity index (χ1) is 21.0. The Balaban J connectivity index is 1.96. The minimum Gasteiger partial charge on any atom is -0.465 e. The molecular formula is C29H29N3O11S. The lowest BCUT2D eigenvalue weighted by Gasteiger charge is -2.44. The van der Waals surface area contributed by atoms with Gasteiger partial charge in [0.2, 0.25) is 4.77 Å². The average Bonchev–Trinajstić information content (AvgIpc) is 3.48. The molecule has 0 radical (unpaired) electrons. The normalized spacial score (nSPS) is 21.4. The number of furan rings is 1. The molecule has 5 atom stereocenters. The van der Waals surface area contributed by atoms with E-state index in [1.807, 2.05) is 0 Å². The number of benzene rings is 1. The first-order valence-electron chi connectivity index (χ1n) is 13.3. The van der Waals surface area contributed by atoms with Crippen molar-refractivity contribution in [1.29, 1.82) is 0 Å². The smallest absolute Gasteiger partial charge is 0.303 e. The summed E-state index contributed by atoms with van der Waals surface area (Å²) >= 11 is 5.72. The van der Waals surface area contributed by atoms with Crippen molar-refractivity contribution in [3.8, 4) is 5.69 Å². The Morgan fingerprint density at radius 2 is 1.50 bits per heavy atom. The van der Waals surface area contributed by atoms with Gasteiger partial charge in [-0.2, -0.15) is 5.10 Å². The quantitative estimate of drug-likeness (QED) is 0.193. The van der Waals surface area contributed by atoms with Crippen LogP contribution in [-0.4, -0.2) is 69.2 Å². The summed E-state index contributed by atoms with van der Waals surface area (Å²) in [6.45, 7) is 4.05. The third-order valence-corrected chi connectivity index (χ3v) is 6.56. The van der Waals surface area contributed by atoms with Gasteiger partial charge in [-0.3, -0.25) is 28.5 Å². The van der Waals surface area contributed by atoms with Gasteiger partial charge in [-0.25, -0.2) is 4.68 Å². The predicted molar refractivity (Wildman–Crippen MR) is 153 cm³/mol. The third kappa shape index (κ3) is 7.54. The number of para-hydroxylation sites is 1. The van der Waals surface area contributed by atoms with Gasteiger partial charge in [-0.05, 0) is 48.6 Å². The van der Waals surface area contributed by atoms with Gasteiger partial charge in [0.25, 0.3) is 5.56 Å². The van der Waals surface area contributed by atoms with Crippen LogP contribution in [0, 0.1) is 4.77 Å². The molecule has 1 aliphatic rings. The molecule has 0 spiro atoms. The summed E-state index contributed by atoms with van der Waals surface area (Å²) in [7, 11) is 0. The van der Waals surface area contributed by atoms with Crippen LogP contribution in [0.15, 0.2) is 57.9 Å². The summed E-state index contributed by atoms with van der Waals surface area (Å²) in [5.41, 5.74) is -0.325. The molecule has 0 N–H and O–H groups in total. The SMILES string of the molecule is CC(=O)OC[C@H]1O[C@@H](n2nc(C=Cc3ccco3)c(=O)n(-c3ccccc3)c2=S)[C@H](OC(C)=O)[C@@H](OC(C)=O)[C@@H]1OC(C)=O. The highest BCUT2D eigenvalue weighted by Crippen LogP contribution is 2.34. The summed E-state index contributed by atoms with van der Waals surface area (Å²) < 4.78 is 35.4. The minimum absolute atomic E-state index is 0.119. The van der Waals surface area contributed by atoms with Crippen molar-refractivity contribution in [2.45, 2.75) is 58.3 Å². The van der Waals surface area contributed by atoms with Crippen LogP contribution in [0.25, 0.3) is 17.8 Å². The molecule has 232 valence electrons.